The minimum Gasteiger partial charge on any atom is -0.445 e. The van der Waals surface area contributed by atoms with Crippen LogP contribution >= 0.6 is 0 Å². The zero-order chi connectivity index (χ0) is 17.0. The third-order valence-corrected chi connectivity index (χ3v) is 4.44. The van der Waals surface area contributed by atoms with Crippen molar-refractivity contribution in [2.24, 2.45) is 0 Å². The number of ether oxygens (including phenoxy) is 1. The highest BCUT2D eigenvalue weighted by Crippen LogP contribution is 2.33. The van der Waals surface area contributed by atoms with Gasteiger partial charge in [-0.25, -0.2) is 9.18 Å². The monoisotopic (exact) mass is 329 g/mol. The van der Waals surface area contributed by atoms with E-state index in [0.29, 0.717) is 31.5 Å². The number of hydrogen-bond acceptors (Lipinski definition) is 3. The van der Waals surface area contributed by atoms with Crippen LogP contribution in [0, 0.1) is 5.82 Å². The Morgan fingerprint density at radius 3 is 2.33 bits per heavy atom. The van der Waals surface area contributed by atoms with E-state index in [1.165, 1.54) is 12.1 Å². The molecule has 0 bridgehead atoms. The van der Waals surface area contributed by atoms with Crippen LogP contribution in [-0.2, 0) is 16.9 Å². The Labute approximate surface area is 140 Å². The summed E-state index contributed by atoms with van der Waals surface area (Å²) >= 11 is 0. The van der Waals surface area contributed by atoms with Crippen molar-refractivity contribution in [2.45, 2.75) is 25.0 Å². The zero-order valence-corrected chi connectivity index (χ0v) is 13.3. The van der Waals surface area contributed by atoms with Crippen molar-refractivity contribution < 1.29 is 19.0 Å². The molecule has 0 radical (unpaired) electrons. The van der Waals surface area contributed by atoms with Gasteiger partial charge in [-0.05, 0) is 36.1 Å². The van der Waals surface area contributed by atoms with Crippen molar-refractivity contribution in [3.63, 3.8) is 0 Å². The van der Waals surface area contributed by atoms with Gasteiger partial charge in [-0.15, -0.1) is 0 Å². The molecule has 0 aliphatic carbocycles. The number of carbonyl (C=O) groups is 1. The highest BCUT2D eigenvalue weighted by molar-refractivity contribution is 5.67. The molecule has 3 rings (SSSR count). The second-order valence-corrected chi connectivity index (χ2v) is 6.07. The van der Waals surface area contributed by atoms with Gasteiger partial charge in [-0.1, -0.05) is 42.5 Å². The predicted molar refractivity (Wildman–Crippen MR) is 87.7 cm³/mol. The lowest BCUT2D eigenvalue weighted by Gasteiger charge is -2.38. The largest absolute Gasteiger partial charge is 0.445 e. The second-order valence-electron chi connectivity index (χ2n) is 6.07. The first kappa shape index (κ1) is 16.5. The summed E-state index contributed by atoms with van der Waals surface area (Å²) in [6, 6.07) is 15.4. The SMILES string of the molecule is O=C(OCc1ccccc1)N1CCC(O)(c2ccc(F)cc2)CC1. The molecule has 1 aliphatic rings. The highest BCUT2D eigenvalue weighted by Gasteiger charge is 2.35. The summed E-state index contributed by atoms with van der Waals surface area (Å²) < 4.78 is 18.3. The van der Waals surface area contributed by atoms with Gasteiger partial charge >= 0.3 is 6.09 Å². The highest BCUT2D eigenvalue weighted by atomic mass is 19.1. The van der Waals surface area contributed by atoms with Gasteiger partial charge < -0.3 is 14.7 Å². The maximum Gasteiger partial charge on any atom is 0.410 e. The van der Waals surface area contributed by atoms with Crippen LogP contribution < -0.4 is 0 Å². The van der Waals surface area contributed by atoms with E-state index in [0.717, 1.165) is 5.56 Å². The Morgan fingerprint density at radius 1 is 1.08 bits per heavy atom. The molecule has 0 aromatic heterocycles. The zero-order valence-electron chi connectivity index (χ0n) is 13.3. The Kier molecular flexibility index (Phi) is 4.81. The van der Waals surface area contributed by atoms with Gasteiger partial charge in [-0.2, -0.15) is 0 Å². The predicted octanol–water partition coefficient (Wildman–Crippen LogP) is 3.45. The van der Waals surface area contributed by atoms with Crippen molar-refractivity contribution in [1.82, 2.24) is 4.90 Å². The van der Waals surface area contributed by atoms with Crippen molar-refractivity contribution in [2.75, 3.05) is 13.1 Å². The lowest BCUT2D eigenvalue weighted by atomic mass is 9.84. The third-order valence-electron chi connectivity index (χ3n) is 4.44. The van der Waals surface area contributed by atoms with E-state index >= 15 is 0 Å². The van der Waals surface area contributed by atoms with Gasteiger partial charge in [0, 0.05) is 13.1 Å². The molecule has 24 heavy (non-hydrogen) atoms. The second kappa shape index (κ2) is 7.01. The molecular formula is C19H20FNO3. The first-order chi connectivity index (χ1) is 11.6. The molecule has 5 heteroatoms. The van der Waals surface area contributed by atoms with Gasteiger partial charge in [0.05, 0.1) is 5.60 Å². The smallest absolute Gasteiger partial charge is 0.410 e. The molecule has 1 heterocycles. The number of rotatable bonds is 3. The fraction of sp³-hybridized carbons (Fsp3) is 0.316. The van der Waals surface area contributed by atoms with Crippen LogP contribution in [0.25, 0.3) is 0 Å². The summed E-state index contributed by atoms with van der Waals surface area (Å²) in [6.07, 6.45) is 0.429. The normalized spacial score (nSPS) is 16.7. The number of aliphatic hydroxyl groups is 1. The molecule has 1 saturated heterocycles. The van der Waals surface area contributed by atoms with Crippen molar-refractivity contribution in [3.05, 3.63) is 71.5 Å². The van der Waals surface area contributed by atoms with Crippen molar-refractivity contribution in [1.29, 1.82) is 0 Å². The molecule has 1 N–H and O–H groups in total. The fourth-order valence-electron chi connectivity index (χ4n) is 2.92. The van der Waals surface area contributed by atoms with E-state index in [9.17, 15) is 14.3 Å². The van der Waals surface area contributed by atoms with Gasteiger partial charge in [0.1, 0.15) is 12.4 Å². The number of amides is 1. The number of nitrogens with zero attached hydrogens (tertiary/aromatic N) is 1. The molecule has 0 saturated carbocycles. The van der Waals surface area contributed by atoms with Crippen LogP contribution in [0.2, 0.25) is 0 Å². The minimum absolute atomic E-state index is 0.235. The lowest BCUT2D eigenvalue weighted by Crippen LogP contribution is -2.45. The van der Waals surface area contributed by atoms with Crippen LogP contribution in [0.15, 0.2) is 54.6 Å². The summed E-state index contributed by atoms with van der Waals surface area (Å²) in [5.41, 5.74) is 0.594. The summed E-state index contributed by atoms with van der Waals surface area (Å²) in [5, 5.41) is 10.7. The van der Waals surface area contributed by atoms with Crippen LogP contribution in [0.5, 0.6) is 0 Å². The number of benzene rings is 2. The minimum atomic E-state index is -1.02. The topological polar surface area (TPSA) is 49.8 Å². The molecule has 2 aromatic rings. The Hall–Kier alpha value is -2.40. The van der Waals surface area contributed by atoms with Crippen LogP contribution in [-0.4, -0.2) is 29.2 Å². The Morgan fingerprint density at radius 2 is 1.71 bits per heavy atom. The van der Waals surface area contributed by atoms with Crippen LogP contribution in [0.1, 0.15) is 24.0 Å². The van der Waals surface area contributed by atoms with E-state index in [-0.39, 0.29) is 18.5 Å². The van der Waals surface area contributed by atoms with E-state index in [4.69, 9.17) is 4.74 Å². The van der Waals surface area contributed by atoms with Crippen molar-refractivity contribution in [3.8, 4) is 0 Å². The summed E-state index contributed by atoms with van der Waals surface area (Å²) in [5.74, 6) is -0.329. The maximum absolute atomic E-state index is 13.0. The van der Waals surface area contributed by atoms with Gasteiger partial charge in [0.15, 0.2) is 0 Å². The van der Waals surface area contributed by atoms with E-state index in [1.54, 1.807) is 17.0 Å². The summed E-state index contributed by atoms with van der Waals surface area (Å²) in [4.78, 5) is 13.7. The fourth-order valence-corrected chi connectivity index (χ4v) is 2.92. The molecule has 0 unspecified atom stereocenters. The molecule has 1 aliphatic heterocycles. The summed E-state index contributed by atoms with van der Waals surface area (Å²) in [7, 11) is 0. The first-order valence-electron chi connectivity index (χ1n) is 8.01. The van der Waals surface area contributed by atoms with Crippen LogP contribution in [0.4, 0.5) is 9.18 Å². The van der Waals surface area contributed by atoms with Gasteiger partial charge in [0.25, 0.3) is 0 Å². The molecule has 1 amide bonds. The number of likely N-dealkylation sites (tertiary alicyclic amines) is 1. The summed E-state index contributed by atoms with van der Waals surface area (Å²) in [6.45, 7) is 1.04. The number of hydrogen-bond donors (Lipinski definition) is 1. The Bertz CT molecular complexity index is 680. The first-order valence-corrected chi connectivity index (χ1v) is 8.01. The lowest BCUT2D eigenvalue weighted by molar-refractivity contribution is -0.0255. The average Bonchev–Trinajstić information content (AvgIpc) is 2.61. The van der Waals surface area contributed by atoms with E-state index in [2.05, 4.69) is 0 Å². The van der Waals surface area contributed by atoms with Gasteiger partial charge in [0.2, 0.25) is 0 Å². The number of carbonyl (C=O) groups excluding carboxylic acids is 1. The molecule has 2 aromatic carbocycles. The maximum atomic E-state index is 13.0. The van der Waals surface area contributed by atoms with E-state index < -0.39 is 5.60 Å². The molecule has 126 valence electrons. The standard InChI is InChI=1S/C19H20FNO3/c20-17-8-6-16(7-9-17)19(23)10-12-21(13-11-19)18(22)24-14-15-4-2-1-3-5-15/h1-9,23H,10-14H2. The molecule has 4 nitrogen and oxygen atoms in total. The van der Waals surface area contributed by atoms with E-state index in [1.807, 2.05) is 30.3 Å². The quantitative estimate of drug-likeness (QED) is 0.938. The van der Waals surface area contributed by atoms with Crippen molar-refractivity contribution >= 4 is 6.09 Å². The van der Waals surface area contributed by atoms with Gasteiger partial charge in [-0.3, -0.25) is 0 Å². The number of halogens is 1. The molecule has 1 fully saturated rings. The molecule has 0 spiro atoms. The van der Waals surface area contributed by atoms with Crippen LogP contribution in [0.3, 0.4) is 0 Å². The third kappa shape index (κ3) is 3.74. The Balaban J connectivity index is 1.54. The number of piperidine rings is 1. The average molecular weight is 329 g/mol. The molecular weight excluding hydrogens is 309 g/mol. The molecule has 0 atom stereocenters.